The summed E-state index contributed by atoms with van der Waals surface area (Å²) in [7, 11) is 7.35. The molecule has 216 valence electrons. The molecule has 2 aromatic heterocycles. The molecule has 0 aliphatic carbocycles. The molecule has 9 nitrogen and oxygen atoms in total. The van der Waals surface area contributed by atoms with E-state index < -0.39 is 11.7 Å². The number of carbonyl (C=O) groups excluding carboxylic acids is 1. The van der Waals surface area contributed by atoms with Crippen LogP contribution in [0.15, 0.2) is 48.8 Å². The number of amides is 1. The highest BCUT2D eigenvalue weighted by Gasteiger charge is 2.36. The number of anilines is 4. The third-order valence-corrected chi connectivity index (χ3v) is 7.33. The van der Waals surface area contributed by atoms with E-state index in [9.17, 15) is 18.0 Å². The molecule has 3 heterocycles. The number of methoxy groups -OCH3 is 1. The molecule has 1 saturated heterocycles. The molecule has 1 atom stereocenters. The fourth-order valence-electron chi connectivity index (χ4n) is 5.33. The van der Waals surface area contributed by atoms with Crippen molar-refractivity contribution in [2.75, 3.05) is 49.8 Å². The van der Waals surface area contributed by atoms with Crippen LogP contribution in [0.3, 0.4) is 0 Å². The van der Waals surface area contributed by atoms with E-state index in [-0.39, 0.29) is 17.5 Å². The average molecular weight is 568 g/mol. The number of fused-ring (bicyclic) bond motifs is 1. The molecule has 1 amide bonds. The predicted molar refractivity (Wildman–Crippen MR) is 154 cm³/mol. The van der Waals surface area contributed by atoms with E-state index in [0.717, 1.165) is 31.4 Å². The first-order valence-corrected chi connectivity index (χ1v) is 13.1. The standard InChI is InChI=1S/C29H32F3N7O2/c1-17(40)34-23-13-18(9-10-24(23)39-12-11-19(15-39)37(2)3)35-28-33-14-22(29(30,31)32)26(36-28)21-16-38(4)27-20(21)7-6-8-25(27)41-5/h6-10,13-14,16,19H,11-12,15H2,1-5H3,(H,34,40)(H,33,35,36)/t19-/m0/s1. The van der Waals surface area contributed by atoms with Crippen LogP contribution in [-0.2, 0) is 18.0 Å². The average Bonchev–Trinajstić information content (AvgIpc) is 3.53. The van der Waals surface area contributed by atoms with Crippen LogP contribution in [0.4, 0.5) is 36.2 Å². The molecular formula is C29H32F3N7O2. The summed E-state index contributed by atoms with van der Waals surface area (Å²) in [5.74, 6) is 0.298. The number of aryl methyl sites for hydroxylation is 1. The number of benzene rings is 2. The highest BCUT2D eigenvalue weighted by molar-refractivity contribution is 5.99. The van der Waals surface area contributed by atoms with Crippen LogP contribution in [0.5, 0.6) is 5.75 Å². The number of para-hydroxylation sites is 1. The minimum Gasteiger partial charge on any atom is -0.495 e. The monoisotopic (exact) mass is 567 g/mol. The molecule has 2 N–H and O–H groups in total. The lowest BCUT2D eigenvalue weighted by Crippen LogP contribution is -2.31. The predicted octanol–water partition coefficient (Wildman–Crippen LogP) is 5.51. The van der Waals surface area contributed by atoms with E-state index in [1.54, 1.807) is 48.1 Å². The second kappa shape index (κ2) is 10.9. The molecule has 0 bridgehead atoms. The molecule has 0 radical (unpaired) electrons. The number of rotatable bonds is 7. The normalized spacial score (nSPS) is 15.5. The van der Waals surface area contributed by atoms with Crippen molar-refractivity contribution in [3.63, 3.8) is 0 Å². The van der Waals surface area contributed by atoms with Crippen molar-refractivity contribution in [3.05, 3.63) is 54.4 Å². The Bertz CT molecular complexity index is 1600. The van der Waals surface area contributed by atoms with Crippen molar-refractivity contribution in [3.8, 4) is 17.0 Å². The molecule has 2 aromatic carbocycles. The van der Waals surface area contributed by atoms with Crippen molar-refractivity contribution in [1.82, 2.24) is 19.4 Å². The smallest absolute Gasteiger partial charge is 0.419 e. The first kappa shape index (κ1) is 28.2. The molecular weight excluding hydrogens is 535 g/mol. The van der Waals surface area contributed by atoms with Gasteiger partial charge in [0.2, 0.25) is 11.9 Å². The fraction of sp³-hybridized carbons (Fsp3) is 0.345. The third kappa shape index (κ3) is 5.64. The van der Waals surface area contributed by atoms with Gasteiger partial charge in [-0.1, -0.05) is 12.1 Å². The van der Waals surface area contributed by atoms with Gasteiger partial charge in [0.25, 0.3) is 0 Å². The molecule has 0 spiro atoms. The largest absolute Gasteiger partial charge is 0.495 e. The minimum absolute atomic E-state index is 0.0109. The molecule has 4 aromatic rings. The van der Waals surface area contributed by atoms with Crippen LogP contribution in [0.2, 0.25) is 0 Å². The van der Waals surface area contributed by atoms with E-state index in [1.165, 1.54) is 14.0 Å². The number of halogens is 3. The lowest BCUT2D eigenvalue weighted by Gasteiger charge is -2.24. The van der Waals surface area contributed by atoms with Crippen LogP contribution in [-0.4, -0.2) is 65.7 Å². The van der Waals surface area contributed by atoms with E-state index in [0.29, 0.717) is 39.6 Å². The van der Waals surface area contributed by atoms with Gasteiger partial charge in [-0.3, -0.25) is 4.79 Å². The van der Waals surface area contributed by atoms with Crippen molar-refractivity contribution >= 4 is 39.8 Å². The number of likely N-dealkylation sites (N-methyl/N-ethyl adjacent to an activating group) is 1. The summed E-state index contributed by atoms with van der Waals surface area (Å²) in [6.07, 6.45) is -1.28. The highest BCUT2D eigenvalue weighted by Crippen LogP contribution is 2.41. The molecule has 1 aliphatic heterocycles. The number of ether oxygens (including phenoxy) is 1. The minimum atomic E-state index is -4.67. The Balaban J connectivity index is 1.54. The summed E-state index contributed by atoms with van der Waals surface area (Å²) in [5, 5.41) is 6.48. The Kier molecular flexibility index (Phi) is 7.52. The zero-order valence-electron chi connectivity index (χ0n) is 23.5. The number of hydrogen-bond donors (Lipinski definition) is 2. The molecule has 12 heteroatoms. The van der Waals surface area contributed by atoms with Gasteiger partial charge in [-0.2, -0.15) is 13.2 Å². The number of nitrogens with zero attached hydrogens (tertiary/aromatic N) is 5. The first-order valence-electron chi connectivity index (χ1n) is 13.1. The zero-order valence-corrected chi connectivity index (χ0v) is 23.5. The summed E-state index contributed by atoms with van der Waals surface area (Å²) < 4.78 is 49.5. The lowest BCUT2D eigenvalue weighted by atomic mass is 10.1. The molecule has 5 rings (SSSR count). The maximum Gasteiger partial charge on any atom is 0.419 e. The topological polar surface area (TPSA) is 87.6 Å². The molecule has 1 fully saturated rings. The maximum atomic E-state index is 14.1. The quantitative estimate of drug-likeness (QED) is 0.305. The number of aromatic nitrogens is 3. The number of nitrogens with one attached hydrogen (secondary N) is 2. The van der Waals surface area contributed by atoms with E-state index in [4.69, 9.17) is 4.74 Å². The highest BCUT2D eigenvalue weighted by atomic mass is 19.4. The Labute approximate surface area is 235 Å². The second-order valence-electron chi connectivity index (χ2n) is 10.4. The Hall–Kier alpha value is -4.32. The van der Waals surface area contributed by atoms with Gasteiger partial charge < -0.3 is 29.7 Å². The van der Waals surface area contributed by atoms with Gasteiger partial charge in [0, 0.05) is 62.1 Å². The van der Waals surface area contributed by atoms with Gasteiger partial charge in [0.1, 0.15) is 11.3 Å². The van der Waals surface area contributed by atoms with Crippen molar-refractivity contribution in [2.45, 2.75) is 25.6 Å². The fourth-order valence-corrected chi connectivity index (χ4v) is 5.33. The third-order valence-electron chi connectivity index (χ3n) is 7.33. The van der Waals surface area contributed by atoms with Gasteiger partial charge >= 0.3 is 6.18 Å². The first-order chi connectivity index (χ1) is 19.5. The van der Waals surface area contributed by atoms with Crippen LogP contribution >= 0.6 is 0 Å². The van der Waals surface area contributed by atoms with Gasteiger partial charge in [0.05, 0.1) is 29.7 Å². The Morgan fingerprint density at radius 1 is 1.20 bits per heavy atom. The van der Waals surface area contributed by atoms with Gasteiger partial charge in [-0.05, 0) is 44.8 Å². The van der Waals surface area contributed by atoms with Crippen LogP contribution < -0.4 is 20.3 Å². The van der Waals surface area contributed by atoms with Gasteiger partial charge in [-0.25, -0.2) is 9.97 Å². The maximum absolute atomic E-state index is 14.1. The van der Waals surface area contributed by atoms with Crippen LogP contribution in [0.1, 0.15) is 18.9 Å². The van der Waals surface area contributed by atoms with E-state index >= 15 is 0 Å². The van der Waals surface area contributed by atoms with Crippen LogP contribution in [0, 0.1) is 0 Å². The van der Waals surface area contributed by atoms with Crippen molar-refractivity contribution in [2.24, 2.45) is 7.05 Å². The molecule has 1 aliphatic rings. The van der Waals surface area contributed by atoms with Crippen molar-refractivity contribution < 1.29 is 22.7 Å². The Morgan fingerprint density at radius 2 is 1.98 bits per heavy atom. The van der Waals surface area contributed by atoms with Crippen molar-refractivity contribution in [1.29, 1.82) is 0 Å². The Morgan fingerprint density at radius 3 is 2.63 bits per heavy atom. The molecule has 0 saturated carbocycles. The molecule has 0 unspecified atom stereocenters. The van der Waals surface area contributed by atoms with E-state index in [1.807, 2.05) is 20.2 Å². The number of alkyl halides is 3. The summed E-state index contributed by atoms with van der Waals surface area (Å²) in [6, 6.07) is 11.0. The summed E-state index contributed by atoms with van der Waals surface area (Å²) in [4.78, 5) is 24.7. The molecule has 41 heavy (non-hydrogen) atoms. The number of hydrogen-bond acceptors (Lipinski definition) is 7. The zero-order chi connectivity index (χ0) is 29.5. The van der Waals surface area contributed by atoms with Crippen LogP contribution in [0.25, 0.3) is 22.2 Å². The summed E-state index contributed by atoms with van der Waals surface area (Å²) in [6.45, 7) is 3.08. The summed E-state index contributed by atoms with van der Waals surface area (Å²) in [5.41, 5.74) is 1.74. The summed E-state index contributed by atoms with van der Waals surface area (Å²) >= 11 is 0. The SMILES string of the molecule is COc1cccc2c(-c3nc(Nc4ccc(N5CC[C@H](N(C)C)C5)c(NC(C)=O)c4)ncc3C(F)(F)F)cn(C)c12. The second-order valence-corrected chi connectivity index (χ2v) is 10.4. The van der Waals surface area contributed by atoms with Gasteiger partial charge in [-0.15, -0.1) is 0 Å². The van der Waals surface area contributed by atoms with E-state index in [2.05, 4.69) is 30.4 Å². The number of carbonyl (C=O) groups is 1. The van der Waals surface area contributed by atoms with Gasteiger partial charge in [0.15, 0.2) is 0 Å². The lowest BCUT2D eigenvalue weighted by molar-refractivity contribution is -0.137.